The summed E-state index contributed by atoms with van der Waals surface area (Å²) in [6, 6.07) is 12.8. The summed E-state index contributed by atoms with van der Waals surface area (Å²) >= 11 is 0. The Morgan fingerprint density at radius 3 is 2.74 bits per heavy atom. The van der Waals surface area contributed by atoms with Crippen LogP contribution in [0, 0.1) is 0 Å². The van der Waals surface area contributed by atoms with E-state index in [0.717, 1.165) is 60.8 Å². The minimum Gasteiger partial charge on any atom is -0.445 e. The van der Waals surface area contributed by atoms with Crippen LogP contribution in [-0.2, 0) is 24.2 Å². The van der Waals surface area contributed by atoms with Gasteiger partial charge in [0, 0.05) is 35.8 Å². The number of nitrogens with zero attached hydrogens (tertiary/aromatic N) is 1. The smallest absolute Gasteiger partial charge is 0.407 e. The number of rotatable bonds is 4. The first-order valence-corrected chi connectivity index (χ1v) is 10.9. The minimum atomic E-state index is -0.511. The van der Waals surface area contributed by atoms with Crippen LogP contribution in [0.1, 0.15) is 48.1 Å². The molecule has 31 heavy (non-hydrogen) atoms. The normalized spacial score (nSPS) is 16.0. The van der Waals surface area contributed by atoms with Gasteiger partial charge >= 0.3 is 11.7 Å². The summed E-state index contributed by atoms with van der Waals surface area (Å²) in [7, 11) is 0. The van der Waals surface area contributed by atoms with Crippen LogP contribution in [-0.4, -0.2) is 19.2 Å². The van der Waals surface area contributed by atoms with Crippen molar-refractivity contribution in [2.45, 2.75) is 45.3 Å². The number of carbonyl (C=O) groups is 1. The Hall–Kier alpha value is -3.28. The zero-order chi connectivity index (χ0) is 21.4. The van der Waals surface area contributed by atoms with Gasteiger partial charge in [-0.05, 0) is 55.4 Å². The highest BCUT2D eigenvalue weighted by molar-refractivity contribution is 5.91. The molecule has 0 unspecified atom stereocenters. The van der Waals surface area contributed by atoms with E-state index in [2.05, 4.69) is 16.3 Å². The van der Waals surface area contributed by atoms with Crippen LogP contribution < -0.4 is 15.8 Å². The maximum Gasteiger partial charge on any atom is 0.407 e. The molecule has 0 aliphatic carbocycles. The van der Waals surface area contributed by atoms with Crippen LogP contribution in [0.4, 0.5) is 10.5 Å². The van der Waals surface area contributed by atoms with Gasteiger partial charge in [0.25, 0.3) is 0 Å². The molecule has 0 spiro atoms. The van der Waals surface area contributed by atoms with E-state index in [1.165, 1.54) is 17.3 Å². The van der Waals surface area contributed by atoms with E-state index in [1.54, 1.807) is 0 Å². The Balaban J connectivity index is 1.45. The van der Waals surface area contributed by atoms with Gasteiger partial charge in [-0.2, -0.15) is 0 Å². The lowest BCUT2D eigenvalue weighted by molar-refractivity contribution is 0.136. The predicted molar refractivity (Wildman–Crippen MR) is 120 cm³/mol. The van der Waals surface area contributed by atoms with Gasteiger partial charge in [0.2, 0.25) is 0 Å². The summed E-state index contributed by atoms with van der Waals surface area (Å²) < 4.78 is 11.1. The van der Waals surface area contributed by atoms with Gasteiger partial charge < -0.3 is 19.4 Å². The fourth-order valence-corrected chi connectivity index (χ4v) is 4.87. The number of amides is 1. The van der Waals surface area contributed by atoms with E-state index in [9.17, 15) is 9.59 Å². The molecule has 1 aromatic heterocycles. The predicted octanol–water partition coefficient (Wildman–Crippen LogP) is 4.48. The highest BCUT2D eigenvalue weighted by Gasteiger charge is 2.28. The summed E-state index contributed by atoms with van der Waals surface area (Å²) in [5.41, 5.74) is 5.67. The topological polar surface area (TPSA) is 71.8 Å². The number of hydrogen-bond donors (Lipinski definition) is 1. The second-order valence-electron chi connectivity index (χ2n) is 8.38. The van der Waals surface area contributed by atoms with Gasteiger partial charge in [-0.15, -0.1) is 0 Å². The molecule has 0 saturated carbocycles. The standard InChI is InChI=1S/C25H26N2O4/c1-16(26-25(29)30-15-17-7-3-2-4-8-17)20-14-22(28)31-24-19-10-6-12-27-11-5-9-18(23(19)27)13-21(20)24/h2-4,7-8,13-14,16H,5-6,9-12,15H2,1H3,(H,26,29)/t16-/m0/s1. The largest absolute Gasteiger partial charge is 0.445 e. The third-order valence-electron chi connectivity index (χ3n) is 6.27. The van der Waals surface area contributed by atoms with Gasteiger partial charge in [0.15, 0.2) is 0 Å². The molecule has 0 bridgehead atoms. The van der Waals surface area contributed by atoms with Gasteiger partial charge in [-0.25, -0.2) is 9.59 Å². The molecule has 3 aromatic rings. The first-order valence-electron chi connectivity index (χ1n) is 10.9. The van der Waals surface area contributed by atoms with E-state index >= 15 is 0 Å². The van der Waals surface area contributed by atoms with Crippen molar-refractivity contribution >= 4 is 22.7 Å². The monoisotopic (exact) mass is 418 g/mol. The molecule has 1 atom stereocenters. The molecule has 2 aliphatic heterocycles. The molecular weight excluding hydrogens is 392 g/mol. The highest BCUT2D eigenvalue weighted by Crippen LogP contribution is 2.41. The first-order chi connectivity index (χ1) is 15.1. The molecule has 1 amide bonds. The van der Waals surface area contributed by atoms with E-state index in [-0.39, 0.29) is 12.6 Å². The van der Waals surface area contributed by atoms with Crippen LogP contribution in [0.5, 0.6) is 0 Å². The highest BCUT2D eigenvalue weighted by atomic mass is 16.5. The number of fused-ring (bicyclic) bond motifs is 2. The Morgan fingerprint density at radius 1 is 1.16 bits per heavy atom. The zero-order valence-electron chi connectivity index (χ0n) is 17.6. The molecular formula is C25H26N2O4. The molecule has 3 heterocycles. The number of hydrogen-bond acceptors (Lipinski definition) is 5. The lowest BCUT2D eigenvalue weighted by Crippen LogP contribution is -2.34. The maximum atomic E-state index is 12.4. The summed E-state index contributed by atoms with van der Waals surface area (Å²) in [5, 5.41) is 3.78. The van der Waals surface area contributed by atoms with Crippen LogP contribution in [0.25, 0.3) is 11.0 Å². The minimum absolute atomic E-state index is 0.199. The van der Waals surface area contributed by atoms with Crippen molar-refractivity contribution in [2.75, 3.05) is 18.0 Å². The Bertz CT molecular complexity index is 1180. The van der Waals surface area contributed by atoms with Gasteiger partial charge in [0.05, 0.1) is 6.04 Å². The van der Waals surface area contributed by atoms with Crippen molar-refractivity contribution in [1.29, 1.82) is 0 Å². The number of aryl methyl sites for hydroxylation is 2. The molecule has 160 valence electrons. The van der Waals surface area contributed by atoms with Gasteiger partial charge in [0.1, 0.15) is 12.2 Å². The molecule has 2 aliphatic rings. The molecule has 0 radical (unpaired) electrons. The second kappa shape index (κ2) is 8.10. The molecule has 5 rings (SSSR count). The number of nitrogens with one attached hydrogen (secondary N) is 1. The second-order valence-corrected chi connectivity index (χ2v) is 8.38. The third kappa shape index (κ3) is 3.78. The Labute approximate surface area is 180 Å². The third-order valence-corrected chi connectivity index (χ3v) is 6.27. The first kappa shape index (κ1) is 19.7. The molecule has 1 N–H and O–H groups in total. The lowest BCUT2D eigenvalue weighted by atomic mass is 9.88. The van der Waals surface area contributed by atoms with Crippen LogP contribution in [0.2, 0.25) is 0 Å². The van der Waals surface area contributed by atoms with Crippen LogP contribution in [0.3, 0.4) is 0 Å². The quantitative estimate of drug-likeness (QED) is 0.633. The van der Waals surface area contributed by atoms with E-state index in [4.69, 9.17) is 9.15 Å². The van der Waals surface area contributed by atoms with Crippen molar-refractivity contribution in [3.05, 3.63) is 75.1 Å². The van der Waals surface area contributed by atoms with Gasteiger partial charge in [-0.3, -0.25) is 0 Å². The molecule has 0 fully saturated rings. The zero-order valence-corrected chi connectivity index (χ0v) is 17.6. The molecule has 0 saturated heterocycles. The summed E-state index contributed by atoms with van der Waals surface area (Å²) in [6.45, 7) is 4.18. The van der Waals surface area contributed by atoms with Crippen molar-refractivity contribution < 1.29 is 13.9 Å². The number of benzene rings is 2. The SMILES string of the molecule is C[C@H](NC(=O)OCc1ccccc1)c1cc(=O)oc2c3c4c(cc12)CCCN4CCC3. The van der Waals surface area contributed by atoms with Crippen molar-refractivity contribution in [3.63, 3.8) is 0 Å². The van der Waals surface area contributed by atoms with Crippen LogP contribution >= 0.6 is 0 Å². The summed E-state index contributed by atoms with van der Waals surface area (Å²) in [4.78, 5) is 27.2. The Kier molecular flexibility index (Phi) is 5.14. The summed E-state index contributed by atoms with van der Waals surface area (Å²) in [6.07, 6.45) is 3.60. The molecule has 2 aromatic carbocycles. The number of ether oxygens (including phenoxy) is 1. The average molecular weight is 418 g/mol. The van der Waals surface area contributed by atoms with Crippen molar-refractivity contribution in [2.24, 2.45) is 0 Å². The van der Waals surface area contributed by atoms with Crippen molar-refractivity contribution in [3.8, 4) is 0 Å². The lowest BCUT2D eigenvalue weighted by Gasteiger charge is -2.37. The van der Waals surface area contributed by atoms with E-state index < -0.39 is 11.7 Å². The fourth-order valence-electron chi connectivity index (χ4n) is 4.87. The Morgan fingerprint density at radius 2 is 1.94 bits per heavy atom. The average Bonchev–Trinajstić information content (AvgIpc) is 2.79. The van der Waals surface area contributed by atoms with E-state index in [1.807, 2.05) is 37.3 Å². The maximum absolute atomic E-state index is 12.4. The fraction of sp³-hybridized carbons (Fsp3) is 0.360. The molecule has 6 nitrogen and oxygen atoms in total. The van der Waals surface area contributed by atoms with E-state index in [0.29, 0.717) is 5.58 Å². The van der Waals surface area contributed by atoms with Gasteiger partial charge in [-0.1, -0.05) is 30.3 Å². The number of anilines is 1. The van der Waals surface area contributed by atoms with Crippen molar-refractivity contribution in [1.82, 2.24) is 5.32 Å². The number of carbonyl (C=O) groups excluding carboxylic acids is 1. The number of alkyl carbamates (subject to hydrolysis) is 1. The molecule has 6 heteroatoms. The van der Waals surface area contributed by atoms with Crippen LogP contribution in [0.15, 0.2) is 51.7 Å². The summed E-state index contributed by atoms with van der Waals surface area (Å²) in [5.74, 6) is 0.